The molecule has 0 aliphatic carbocycles. The number of hydrogen-bond donors (Lipinski definition) is 4. The van der Waals surface area contributed by atoms with Gasteiger partial charge in [-0.1, -0.05) is 12.1 Å². The predicted molar refractivity (Wildman–Crippen MR) is 115 cm³/mol. The Morgan fingerprint density at radius 1 is 1.23 bits per heavy atom. The SMILES string of the molecule is CCOC(=O)CC(NC(=O)C(C)NC(=O)c1cccc(N=CNN)c1)c1cccnc1. The molecule has 1 heterocycles. The van der Waals surface area contributed by atoms with Crippen LogP contribution in [0.25, 0.3) is 0 Å². The number of nitrogens with two attached hydrogens (primary N) is 1. The highest BCUT2D eigenvalue weighted by Gasteiger charge is 2.23. The first-order valence-electron chi connectivity index (χ1n) is 9.70. The highest BCUT2D eigenvalue weighted by Crippen LogP contribution is 2.17. The summed E-state index contributed by atoms with van der Waals surface area (Å²) in [6.45, 7) is 3.50. The maximum atomic E-state index is 12.7. The molecule has 5 N–H and O–H groups in total. The summed E-state index contributed by atoms with van der Waals surface area (Å²) in [5.41, 5.74) is 3.79. The summed E-state index contributed by atoms with van der Waals surface area (Å²) in [7, 11) is 0. The maximum absolute atomic E-state index is 12.7. The summed E-state index contributed by atoms with van der Waals surface area (Å²) in [6.07, 6.45) is 4.39. The van der Waals surface area contributed by atoms with Crippen LogP contribution in [0.3, 0.4) is 0 Å². The van der Waals surface area contributed by atoms with Gasteiger partial charge in [-0.25, -0.2) is 10.8 Å². The number of benzene rings is 1. The smallest absolute Gasteiger partial charge is 0.308 e. The van der Waals surface area contributed by atoms with Crippen molar-refractivity contribution in [1.29, 1.82) is 0 Å². The number of aliphatic imine (C=N–C) groups is 1. The summed E-state index contributed by atoms with van der Waals surface area (Å²) in [5.74, 6) is 3.81. The quantitative estimate of drug-likeness (QED) is 0.146. The molecular formula is C21H26N6O4. The molecule has 0 radical (unpaired) electrons. The van der Waals surface area contributed by atoms with E-state index in [-0.39, 0.29) is 13.0 Å². The van der Waals surface area contributed by atoms with Crippen molar-refractivity contribution in [3.63, 3.8) is 0 Å². The highest BCUT2D eigenvalue weighted by molar-refractivity contribution is 5.98. The highest BCUT2D eigenvalue weighted by atomic mass is 16.5. The van der Waals surface area contributed by atoms with Crippen LogP contribution in [0.1, 0.15) is 42.2 Å². The summed E-state index contributed by atoms with van der Waals surface area (Å²) < 4.78 is 4.99. The molecule has 2 amide bonds. The van der Waals surface area contributed by atoms with E-state index in [1.54, 1.807) is 62.6 Å². The molecule has 0 saturated heterocycles. The Balaban J connectivity index is 2.05. The number of hydrogen-bond acceptors (Lipinski definition) is 7. The molecule has 31 heavy (non-hydrogen) atoms. The molecule has 0 bridgehead atoms. The number of aromatic nitrogens is 1. The van der Waals surface area contributed by atoms with Crippen LogP contribution in [0.15, 0.2) is 53.8 Å². The first-order valence-corrected chi connectivity index (χ1v) is 9.70. The fraction of sp³-hybridized carbons (Fsp3) is 0.286. The number of carbonyl (C=O) groups excluding carboxylic acids is 3. The molecule has 0 aliphatic heterocycles. The van der Waals surface area contributed by atoms with Gasteiger partial charge in [0.15, 0.2) is 0 Å². The van der Waals surface area contributed by atoms with Crippen LogP contribution in [0.5, 0.6) is 0 Å². The topological polar surface area (TPSA) is 148 Å². The van der Waals surface area contributed by atoms with Gasteiger partial charge in [-0.2, -0.15) is 0 Å². The van der Waals surface area contributed by atoms with Crippen molar-refractivity contribution in [3.05, 3.63) is 59.9 Å². The Kier molecular flexibility index (Phi) is 9.12. The lowest BCUT2D eigenvalue weighted by Crippen LogP contribution is -2.46. The third-order valence-electron chi connectivity index (χ3n) is 4.22. The zero-order valence-corrected chi connectivity index (χ0v) is 17.4. The summed E-state index contributed by atoms with van der Waals surface area (Å²) >= 11 is 0. The third kappa shape index (κ3) is 7.52. The molecule has 2 unspecified atom stereocenters. The van der Waals surface area contributed by atoms with Gasteiger partial charge in [0.25, 0.3) is 5.91 Å². The molecule has 1 aromatic carbocycles. The van der Waals surface area contributed by atoms with E-state index in [0.29, 0.717) is 16.8 Å². The Hall–Kier alpha value is -3.79. The number of rotatable bonds is 10. The zero-order chi connectivity index (χ0) is 22.6. The number of hydrazine groups is 1. The minimum absolute atomic E-state index is 0.0544. The van der Waals surface area contributed by atoms with Crippen molar-refractivity contribution in [1.82, 2.24) is 21.0 Å². The van der Waals surface area contributed by atoms with Crippen LogP contribution < -0.4 is 21.9 Å². The summed E-state index contributed by atoms with van der Waals surface area (Å²) in [4.78, 5) is 45.3. The fourth-order valence-corrected chi connectivity index (χ4v) is 2.70. The second-order valence-electron chi connectivity index (χ2n) is 6.53. The summed E-state index contributed by atoms with van der Waals surface area (Å²) in [6, 6.07) is 8.51. The lowest BCUT2D eigenvalue weighted by atomic mass is 10.1. The minimum atomic E-state index is -0.855. The molecule has 0 aliphatic rings. The molecule has 0 spiro atoms. The molecule has 0 fully saturated rings. The van der Waals surface area contributed by atoms with Gasteiger partial charge in [-0.3, -0.25) is 19.4 Å². The van der Waals surface area contributed by atoms with E-state index in [9.17, 15) is 14.4 Å². The first kappa shape index (κ1) is 23.5. The normalized spacial score (nSPS) is 12.6. The second-order valence-corrected chi connectivity index (χ2v) is 6.53. The maximum Gasteiger partial charge on any atom is 0.308 e. The molecule has 0 saturated carbocycles. The average Bonchev–Trinajstić information content (AvgIpc) is 2.78. The third-order valence-corrected chi connectivity index (χ3v) is 4.22. The Bertz CT molecular complexity index is 919. The van der Waals surface area contributed by atoms with Gasteiger partial charge >= 0.3 is 5.97 Å². The number of carbonyl (C=O) groups is 3. The molecule has 10 nitrogen and oxygen atoms in total. The largest absolute Gasteiger partial charge is 0.466 e. The zero-order valence-electron chi connectivity index (χ0n) is 17.4. The van der Waals surface area contributed by atoms with Gasteiger partial charge in [0.2, 0.25) is 5.91 Å². The number of pyridine rings is 1. The number of nitrogens with zero attached hydrogens (tertiary/aromatic N) is 2. The van der Waals surface area contributed by atoms with Crippen molar-refractivity contribution in [2.45, 2.75) is 32.4 Å². The molecule has 2 atom stereocenters. The van der Waals surface area contributed by atoms with Gasteiger partial charge < -0.3 is 20.8 Å². The van der Waals surface area contributed by atoms with Crippen molar-refractivity contribution in [2.75, 3.05) is 6.61 Å². The lowest BCUT2D eigenvalue weighted by molar-refractivity contribution is -0.143. The second kappa shape index (κ2) is 12.0. The van der Waals surface area contributed by atoms with E-state index in [1.165, 1.54) is 6.34 Å². The summed E-state index contributed by atoms with van der Waals surface area (Å²) in [5, 5.41) is 5.42. The van der Waals surface area contributed by atoms with E-state index < -0.39 is 29.9 Å². The number of nitrogens with one attached hydrogen (secondary N) is 3. The van der Waals surface area contributed by atoms with Crippen molar-refractivity contribution in [3.8, 4) is 0 Å². The van der Waals surface area contributed by atoms with E-state index in [1.807, 2.05) is 0 Å². The molecule has 10 heteroatoms. The molecular weight excluding hydrogens is 400 g/mol. The van der Waals surface area contributed by atoms with Gasteiger partial charge in [-0.15, -0.1) is 0 Å². The number of amides is 2. The Morgan fingerprint density at radius 3 is 2.71 bits per heavy atom. The Morgan fingerprint density at radius 2 is 2.03 bits per heavy atom. The molecule has 2 rings (SSSR count). The fourth-order valence-electron chi connectivity index (χ4n) is 2.70. The Labute approximate surface area is 180 Å². The van der Waals surface area contributed by atoms with Crippen LogP contribution in [-0.2, 0) is 14.3 Å². The van der Waals surface area contributed by atoms with Gasteiger partial charge in [0, 0.05) is 18.0 Å². The van der Waals surface area contributed by atoms with E-state index in [0.717, 1.165) is 0 Å². The van der Waals surface area contributed by atoms with Gasteiger partial charge in [0.05, 0.1) is 24.8 Å². The van der Waals surface area contributed by atoms with E-state index >= 15 is 0 Å². The predicted octanol–water partition coefficient (Wildman–Crippen LogP) is 1.13. The van der Waals surface area contributed by atoms with E-state index in [2.05, 4.69) is 26.0 Å². The average molecular weight is 426 g/mol. The number of ether oxygens (including phenoxy) is 1. The monoisotopic (exact) mass is 426 g/mol. The standard InChI is InChI=1S/C21H26N6O4/c1-3-31-19(28)11-18(16-7-5-9-23-12-16)27-20(29)14(2)26-21(30)15-6-4-8-17(10-15)24-13-25-22/h4-10,12-14,18H,3,11,22H2,1-2H3,(H,24,25)(H,26,30)(H,27,29). The van der Waals surface area contributed by atoms with Crippen molar-refractivity contribution < 1.29 is 19.1 Å². The minimum Gasteiger partial charge on any atom is -0.466 e. The van der Waals surface area contributed by atoms with E-state index in [4.69, 9.17) is 10.6 Å². The van der Waals surface area contributed by atoms with Crippen molar-refractivity contribution >= 4 is 29.8 Å². The van der Waals surface area contributed by atoms with Crippen LogP contribution in [0.4, 0.5) is 5.69 Å². The first-order chi connectivity index (χ1) is 14.9. The molecule has 1 aromatic heterocycles. The van der Waals surface area contributed by atoms with Crippen LogP contribution in [-0.4, -0.2) is 41.8 Å². The molecule has 164 valence electrons. The number of esters is 1. The lowest BCUT2D eigenvalue weighted by Gasteiger charge is -2.21. The van der Waals surface area contributed by atoms with Crippen LogP contribution >= 0.6 is 0 Å². The van der Waals surface area contributed by atoms with Gasteiger partial charge in [-0.05, 0) is 43.7 Å². The van der Waals surface area contributed by atoms with Crippen molar-refractivity contribution in [2.24, 2.45) is 10.8 Å². The molecule has 2 aromatic rings. The van der Waals surface area contributed by atoms with Gasteiger partial charge in [0.1, 0.15) is 12.4 Å². The van der Waals surface area contributed by atoms with Crippen LogP contribution in [0, 0.1) is 0 Å². The van der Waals surface area contributed by atoms with Crippen LogP contribution in [0.2, 0.25) is 0 Å².